The van der Waals surface area contributed by atoms with E-state index in [1.54, 1.807) is 49.6 Å². The highest BCUT2D eigenvalue weighted by atomic mass is 32.1. The van der Waals surface area contributed by atoms with Crippen LogP contribution in [0.3, 0.4) is 0 Å². The highest BCUT2D eigenvalue weighted by Crippen LogP contribution is 2.17. The molecule has 0 atom stereocenters. The maximum absolute atomic E-state index is 12.3. The van der Waals surface area contributed by atoms with E-state index < -0.39 is 11.8 Å². The van der Waals surface area contributed by atoms with E-state index in [0.717, 1.165) is 17.7 Å². The Morgan fingerprint density at radius 3 is 2.48 bits per heavy atom. The maximum Gasteiger partial charge on any atom is 0.273 e. The highest BCUT2D eigenvalue weighted by Gasteiger charge is 2.12. The normalized spacial score (nSPS) is 10.3. The summed E-state index contributed by atoms with van der Waals surface area (Å²) in [5.41, 5.74) is 6.14. The number of carbonyl (C=O) groups is 2. The average molecular weight is 413 g/mol. The van der Waals surface area contributed by atoms with E-state index in [0.29, 0.717) is 17.9 Å². The molecule has 0 spiro atoms. The molecular formula is C21H23N3O4S. The molecule has 0 saturated heterocycles. The highest BCUT2D eigenvalue weighted by molar-refractivity contribution is 7.80. The van der Waals surface area contributed by atoms with E-state index in [4.69, 9.17) is 21.7 Å². The SMILES string of the molecule is CCCOc1ccccc1C(=O)NNC(=S)NC(=O)/C=C/c1ccc(OC)cc1. The van der Waals surface area contributed by atoms with Crippen LogP contribution < -0.4 is 25.6 Å². The van der Waals surface area contributed by atoms with Gasteiger partial charge in [-0.05, 0) is 54.5 Å². The summed E-state index contributed by atoms with van der Waals surface area (Å²) < 4.78 is 10.6. The summed E-state index contributed by atoms with van der Waals surface area (Å²) in [6.07, 6.45) is 3.80. The molecule has 0 radical (unpaired) electrons. The number of thiocarbonyl (C=S) groups is 1. The molecule has 7 nitrogen and oxygen atoms in total. The number of amides is 2. The molecule has 0 heterocycles. The number of methoxy groups -OCH3 is 1. The first-order chi connectivity index (χ1) is 14.0. The quantitative estimate of drug-likeness (QED) is 0.368. The Morgan fingerprint density at radius 1 is 1.07 bits per heavy atom. The van der Waals surface area contributed by atoms with Crippen molar-refractivity contribution in [3.05, 3.63) is 65.7 Å². The fourth-order valence-electron chi connectivity index (χ4n) is 2.24. The molecule has 0 aromatic heterocycles. The van der Waals surface area contributed by atoms with Crippen LogP contribution in [0.2, 0.25) is 0 Å². The average Bonchev–Trinajstić information content (AvgIpc) is 2.75. The van der Waals surface area contributed by atoms with Crippen molar-refractivity contribution in [3.8, 4) is 11.5 Å². The number of ether oxygens (including phenoxy) is 2. The third-order valence-electron chi connectivity index (χ3n) is 3.66. The third-order valence-corrected chi connectivity index (χ3v) is 3.87. The summed E-state index contributed by atoms with van der Waals surface area (Å²) in [4.78, 5) is 24.3. The van der Waals surface area contributed by atoms with Gasteiger partial charge in [0, 0.05) is 6.08 Å². The monoisotopic (exact) mass is 413 g/mol. The molecule has 0 aliphatic carbocycles. The molecular weight excluding hydrogens is 390 g/mol. The molecule has 0 unspecified atom stereocenters. The summed E-state index contributed by atoms with van der Waals surface area (Å²) in [5, 5.41) is 2.42. The number of nitrogens with one attached hydrogen (secondary N) is 3. The van der Waals surface area contributed by atoms with Crippen molar-refractivity contribution in [2.75, 3.05) is 13.7 Å². The molecule has 2 aromatic rings. The van der Waals surface area contributed by atoms with E-state index in [1.807, 2.05) is 19.1 Å². The first-order valence-electron chi connectivity index (χ1n) is 8.98. The standard InChI is InChI=1S/C21H23N3O4S/c1-3-14-28-18-7-5-4-6-17(18)20(26)23-24-21(29)22-19(25)13-10-15-8-11-16(27-2)12-9-15/h4-13H,3,14H2,1-2H3,(H,23,26)(H2,22,24,25,29)/b13-10+. The number of hydrogen-bond donors (Lipinski definition) is 3. The molecule has 0 fully saturated rings. The van der Waals surface area contributed by atoms with Crippen LogP contribution in [0.1, 0.15) is 29.3 Å². The van der Waals surface area contributed by atoms with Crippen LogP contribution in [-0.2, 0) is 4.79 Å². The largest absolute Gasteiger partial charge is 0.497 e. The second kappa shape index (κ2) is 11.5. The second-order valence-corrected chi connectivity index (χ2v) is 6.26. The van der Waals surface area contributed by atoms with E-state index in [1.165, 1.54) is 6.08 Å². The maximum atomic E-state index is 12.3. The van der Waals surface area contributed by atoms with Crippen molar-refractivity contribution in [3.63, 3.8) is 0 Å². The van der Waals surface area contributed by atoms with Crippen LogP contribution >= 0.6 is 12.2 Å². The van der Waals surface area contributed by atoms with Gasteiger partial charge in [-0.15, -0.1) is 0 Å². The van der Waals surface area contributed by atoms with Gasteiger partial charge in [-0.1, -0.05) is 31.2 Å². The summed E-state index contributed by atoms with van der Waals surface area (Å²) >= 11 is 5.03. The topological polar surface area (TPSA) is 88.7 Å². The van der Waals surface area contributed by atoms with Gasteiger partial charge < -0.3 is 9.47 Å². The van der Waals surface area contributed by atoms with Gasteiger partial charge in [-0.25, -0.2) is 0 Å². The predicted octanol–water partition coefficient (Wildman–Crippen LogP) is 2.83. The Labute approximate surface area is 175 Å². The lowest BCUT2D eigenvalue weighted by Gasteiger charge is -2.12. The number of hydrogen-bond acceptors (Lipinski definition) is 5. The van der Waals surface area contributed by atoms with Crippen molar-refractivity contribution in [2.45, 2.75) is 13.3 Å². The molecule has 8 heteroatoms. The number of carbonyl (C=O) groups excluding carboxylic acids is 2. The van der Waals surface area contributed by atoms with Gasteiger partial charge in [0.15, 0.2) is 5.11 Å². The zero-order valence-corrected chi connectivity index (χ0v) is 17.0. The second-order valence-electron chi connectivity index (χ2n) is 5.85. The number of benzene rings is 2. The van der Waals surface area contributed by atoms with E-state index in [-0.39, 0.29) is 5.11 Å². The third kappa shape index (κ3) is 7.27. The fourth-order valence-corrected chi connectivity index (χ4v) is 2.40. The van der Waals surface area contributed by atoms with Crippen LogP contribution in [0.5, 0.6) is 11.5 Å². The van der Waals surface area contributed by atoms with Crippen LogP contribution in [0.4, 0.5) is 0 Å². The molecule has 0 bridgehead atoms. The van der Waals surface area contributed by atoms with Gasteiger partial charge in [0.1, 0.15) is 11.5 Å². The minimum atomic E-state index is -0.431. The Bertz CT molecular complexity index is 882. The Balaban J connectivity index is 1.83. The lowest BCUT2D eigenvalue weighted by atomic mass is 10.2. The summed E-state index contributed by atoms with van der Waals surface area (Å²) in [6, 6.07) is 14.1. The van der Waals surface area contributed by atoms with Crippen LogP contribution in [0.15, 0.2) is 54.6 Å². The Hall–Kier alpha value is -3.39. The van der Waals surface area contributed by atoms with Crippen molar-refractivity contribution in [1.82, 2.24) is 16.2 Å². The molecule has 152 valence electrons. The molecule has 3 N–H and O–H groups in total. The summed E-state index contributed by atoms with van der Waals surface area (Å²) in [5.74, 6) is 0.349. The van der Waals surface area contributed by atoms with Crippen LogP contribution in [-0.4, -0.2) is 30.6 Å². The summed E-state index contributed by atoms with van der Waals surface area (Å²) in [7, 11) is 1.59. The van der Waals surface area contributed by atoms with Gasteiger partial charge in [-0.2, -0.15) is 0 Å². The van der Waals surface area contributed by atoms with Gasteiger partial charge in [-0.3, -0.25) is 25.8 Å². The lowest BCUT2D eigenvalue weighted by Crippen LogP contribution is -2.48. The minimum Gasteiger partial charge on any atom is -0.497 e. The van der Waals surface area contributed by atoms with Gasteiger partial charge >= 0.3 is 0 Å². The number of rotatable bonds is 7. The molecule has 2 amide bonds. The first kappa shape index (κ1) is 21.9. The van der Waals surface area contributed by atoms with Crippen molar-refractivity contribution >= 4 is 35.2 Å². The Kier molecular flexibility index (Phi) is 8.65. The van der Waals surface area contributed by atoms with Crippen molar-refractivity contribution in [1.29, 1.82) is 0 Å². The molecule has 0 saturated carbocycles. The minimum absolute atomic E-state index is 0.0327. The van der Waals surface area contributed by atoms with Gasteiger partial charge in [0.05, 0.1) is 19.3 Å². The predicted molar refractivity (Wildman–Crippen MR) is 116 cm³/mol. The van der Waals surface area contributed by atoms with Gasteiger partial charge in [0.25, 0.3) is 5.91 Å². The molecule has 29 heavy (non-hydrogen) atoms. The fraction of sp³-hybridized carbons (Fsp3) is 0.190. The van der Waals surface area contributed by atoms with Crippen molar-refractivity contribution in [2.24, 2.45) is 0 Å². The van der Waals surface area contributed by atoms with E-state index >= 15 is 0 Å². The molecule has 0 aliphatic heterocycles. The smallest absolute Gasteiger partial charge is 0.273 e. The summed E-state index contributed by atoms with van der Waals surface area (Å²) in [6.45, 7) is 2.49. The Morgan fingerprint density at radius 2 is 1.79 bits per heavy atom. The van der Waals surface area contributed by atoms with Crippen LogP contribution in [0, 0.1) is 0 Å². The van der Waals surface area contributed by atoms with Gasteiger partial charge in [0.2, 0.25) is 5.91 Å². The molecule has 2 rings (SSSR count). The number of para-hydroxylation sites is 1. The zero-order chi connectivity index (χ0) is 21.1. The zero-order valence-electron chi connectivity index (χ0n) is 16.2. The molecule has 0 aliphatic rings. The lowest BCUT2D eigenvalue weighted by molar-refractivity contribution is -0.115. The first-order valence-corrected chi connectivity index (χ1v) is 9.39. The van der Waals surface area contributed by atoms with E-state index in [9.17, 15) is 9.59 Å². The van der Waals surface area contributed by atoms with Crippen LogP contribution in [0.25, 0.3) is 6.08 Å². The van der Waals surface area contributed by atoms with Crippen molar-refractivity contribution < 1.29 is 19.1 Å². The number of hydrazine groups is 1. The van der Waals surface area contributed by atoms with E-state index in [2.05, 4.69) is 16.2 Å². The molecule has 2 aromatic carbocycles.